The van der Waals surface area contributed by atoms with E-state index in [0.29, 0.717) is 30.0 Å². The Labute approximate surface area is 141 Å². The number of aryl methyl sites for hydroxylation is 4. The van der Waals surface area contributed by atoms with Crippen LogP contribution in [-0.2, 0) is 16.0 Å². The number of carbonyl (C=O) groups is 2. The highest BCUT2D eigenvalue weighted by molar-refractivity contribution is 5.89. The number of hydrogen-bond acceptors (Lipinski definition) is 5. The molecule has 0 saturated heterocycles. The van der Waals surface area contributed by atoms with Gasteiger partial charge in [0.1, 0.15) is 0 Å². The van der Waals surface area contributed by atoms with Gasteiger partial charge in [-0.1, -0.05) is 29.8 Å². The number of nitrogens with one attached hydrogen (secondary N) is 1. The lowest BCUT2D eigenvalue weighted by Gasteiger charge is -2.10. The maximum Gasteiger partial charge on any atom is 0.308 e. The number of anilines is 1. The Balaban J connectivity index is 1.98. The summed E-state index contributed by atoms with van der Waals surface area (Å²) in [5.74, 6) is -0.0377. The summed E-state index contributed by atoms with van der Waals surface area (Å²) in [5, 5.41) is 2.68. The van der Waals surface area contributed by atoms with Crippen molar-refractivity contribution in [3.8, 4) is 5.75 Å². The molecular formula is C18H21N3O3. The molecule has 6 heteroatoms. The van der Waals surface area contributed by atoms with Gasteiger partial charge in [-0.15, -0.1) is 0 Å². The van der Waals surface area contributed by atoms with Crippen molar-refractivity contribution in [2.75, 3.05) is 5.32 Å². The summed E-state index contributed by atoms with van der Waals surface area (Å²) in [7, 11) is 0. The summed E-state index contributed by atoms with van der Waals surface area (Å²) in [6.07, 6.45) is 0.992. The summed E-state index contributed by atoms with van der Waals surface area (Å²) in [5.41, 5.74) is 3.31. The van der Waals surface area contributed by atoms with E-state index in [0.717, 1.165) is 5.56 Å². The summed E-state index contributed by atoms with van der Waals surface area (Å²) >= 11 is 0. The van der Waals surface area contributed by atoms with Gasteiger partial charge < -0.3 is 4.74 Å². The zero-order valence-corrected chi connectivity index (χ0v) is 14.3. The lowest BCUT2D eigenvalue weighted by molar-refractivity contribution is -0.132. The maximum atomic E-state index is 12.1. The van der Waals surface area contributed by atoms with E-state index in [1.807, 2.05) is 31.2 Å². The van der Waals surface area contributed by atoms with Gasteiger partial charge in [-0.25, -0.2) is 9.97 Å². The van der Waals surface area contributed by atoms with E-state index in [2.05, 4.69) is 15.3 Å². The number of esters is 1. The molecule has 0 aliphatic heterocycles. The van der Waals surface area contributed by atoms with Crippen LogP contribution in [0.1, 0.15) is 35.9 Å². The largest absolute Gasteiger partial charge is 0.423 e. The molecule has 24 heavy (non-hydrogen) atoms. The minimum Gasteiger partial charge on any atom is -0.423 e. The molecule has 1 aromatic carbocycles. The Kier molecular flexibility index (Phi) is 5.63. The molecule has 6 nitrogen and oxygen atoms in total. The Morgan fingerprint density at radius 3 is 2.17 bits per heavy atom. The van der Waals surface area contributed by atoms with Crippen molar-refractivity contribution in [1.82, 2.24) is 9.97 Å². The zero-order valence-electron chi connectivity index (χ0n) is 14.3. The number of hydrogen-bond donors (Lipinski definition) is 1. The topological polar surface area (TPSA) is 81.2 Å². The Bertz CT molecular complexity index is 732. The van der Waals surface area contributed by atoms with E-state index >= 15 is 0 Å². The summed E-state index contributed by atoms with van der Waals surface area (Å²) in [4.78, 5) is 31.5. The van der Waals surface area contributed by atoms with Crippen molar-refractivity contribution >= 4 is 17.8 Å². The number of aromatic nitrogens is 2. The molecule has 2 aromatic rings. The first kappa shape index (κ1) is 17.6. The average molecular weight is 327 g/mol. The van der Waals surface area contributed by atoms with Crippen molar-refractivity contribution in [3.05, 3.63) is 46.8 Å². The van der Waals surface area contributed by atoms with Crippen LogP contribution in [0.25, 0.3) is 0 Å². The van der Waals surface area contributed by atoms with Crippen LogP contribution < -0.4 is 10.1 Å². The van der Waals surface area contributed by atoms with E-state index in [1.54, 1.807) is 13.8 Å². The highest BCUT2D eigenvalue weighted by Gasteiger charge is 2.13. The van der Waals surface area contributed by atoms with Crippen molar-refractivity contribution < 1.29 is 14.3 Å². The minimum atomic E-state index is -0.431. The number of amides is 1. The van der Waals surface area contributed by atoms with Crippen LogP contribution in [-0.4, -0.2) is 21.8 Å². The summed E-state index contributed by atoms with van der Waals surface area (Å²) in [6.45, 7) is 6.75. The van der Waals surface area contributed by atoms with Crippen molar-refractivity contribution in [2.45, 2.75) is 40.5 Å². The second kappa shape index (κ2) is 7.68. The lowest BCUT2D eigenvalue weighted by Crippen LogP contribution is -2.16. The Morgan fingerprint density at radius 2 is 1.62 bits per heavy atom. The number of ether oxygens (including phenoxy) is 1. The molecule has 0 aliphatic carbocycles. The SMILES string of the molecule is CC(=O)Oc1c(C)nc(NC(=O)CCc2ccc(C)cc2)nc1C. The molecule has 1 amide bonds. The van der Waals surface area contributed by atoms with E-state index in [-0.39, 0.29) is 11.9 Å². The quantitative estimate of drug-likeness (QED) is 0.854. The van der Waals surface area contributed by atoms with Crippen LogP contribution in [0.15, 0.2) is 24.3 Å². The molecular weight excluding hydrogens is 306 g/mol. The minimum absolute atomic E-state index is 0.158. The van der Waals surface area contributed by atoms with Gasteiger partial charge in [-0.05, 0) is 32.8 Å². The van der Waals surface area contributed by atoms with Gasteiger partial charge in [-0.2, -0.15) is 0 Å². The first-order valence-electron chi connectivity index (χ1n) is 7.74. The molecule has 0 spiro atoms. The normalized spacial score (nSPS) is 10.3. The third-order valence-corrected chi connectivity index (χ3v) is 3.46. The second-order valence-electron chi connectivity index (χ2n) is 5.67. The number of benzene rings is 1. The molecule has 0 fully saturated rings. The fourth-order valence-electron chi connectivity index (χ4n) is 2.25. The fraction of sp³-hybridized carbons (Fsp3) is 0.333. The van der Waals surface area contributed by atoms with E-state index in [4.69, 9.17) is 4.74 Å². The molecule has 2 rings (SSSR count). The fourth-order valence-corrected chi connectivity index (χ4v) is 2.25. The molecule has 0 atom stereocenters. The zero-order chi connectivity index (χ0) is 17.7. The van der Waals surface area contributed by atoms with Crippen molar-refractivity contribution in [2.24, 2.45) is 0 Å². The highest BCUT2D eigenvalue weighted by atomic mass is 16.5. The standard InChI is InChI=1S/C18H21N3O3/c1-11-5-7-15(8-6-11)9-10-16(23)21-18-19-12(2)17(13(3)20-18)24-14(4)22/h5-8H,9-10H2,1-4H3,(H,19,20,21,23). The first-order valence-corrected chi connectivity index (χ1v) is 7.74. The third kappa shape index (κ3) is 4.87. The van der Waals surface area contributed by atoms with Crippen molar-refractivity contribution in [1.29, 1.82) is 0 Å². The average Bonchev–Trinajstić information content (AvgIpc) is 2.50. The number of carbonyl (C=O) groups excluding carboxylic acids is 2. The Morgan fingerprint density at radius 1 is 1.04 bits per heavy atom. The summed E-state index contributed by atoms with van der Waals surface area (Å²) in [6, 6.07) is 8.08. The van der Waals surface area contributed by atoms with Crippen LogP contribution >= 0.6 is 0 Å². The monoisotopic (exact) mass is 327 g/mol. The molecule has 0 aliphatic rings. The summed E-state index contributed by atoms with van der Waals surface area (Å²) < 4.78 is 5.07. The molecule has 1 heterocycles. The number of nitrogens with zero attached hydrogens (tertiary/aromatic N) is 2. The molecule has 0 radical (unpaired) electrons. The van der Waals surface area contributed by atoms with Crippen LogP contribution in [0, 0.1) is 20.8 Å². The van der Waals surface area contributed by atoms with E-state index in [1.165, 1.54) is 12.5 Å². The lowest BCUT2D eigenvalue weighted by atomic mass is 10.1. The van der Waals surface area contributed by atoms with E-state index in [9.17, 15) is 9.59 Å². The first-order chi connectivity index (χ1) is 11.3. The van der Waals surface area contributed by atoms with Gasteiger partial charge in [0.15, 0.2) is 5.75 Å². The highest BCUT2D eigenvalue weighted by Crippen LogP contribution is 2.21. The van der Waals surface area contributed by atoms with E-state index < -0.39 is 5.97 Å². The molecule has 1 N–H and O–H groups in total. The second-order valence-corrected chi connectivity index (χ2v) is 5.67. The van der Waals surface area contributed by atoms with Gasteiger partial charge >= 0.3 is 5.97 Å². The van der Waals surface area contributed by atoms with Crippen molar-refractivity contribution in [3.63, 3.8) is 0 Å². The Hall–Kier alpha value is -2.76. The van der Waals surface area contributed by atoms with Crippen LogP contribution in [0.4, 0.5) is 5.95 Å². The van der Waals surface area contributed by atoms with Crippen LogP contribution in [0.3, 0.4) is 0 Å². The molecule has 0 bridgehead atoms. The van der Waals surface area contributed by atoms with Crippen LogP contribution in [0.5, 0.6) is 5.75 Å². The van der Waals surface area contributed by atoms with Gasteiger partial charge in [0.2, 0.25) is 11.9 Å². The predicted octanol–water partition coefficient (Wildman–Crippen LogP) is 2.90. The van der Waals surface area contributed by atoms with Gasteiger partial charge in [-0.3, -0.25) is 14.9 Å². The van der Waals surface area contributed by atoms with Crippen LogP contribution in [0.2, 0.25) is 0 Å². The number of rotatable bonds is 5. The van der Waals surface area contributed by atoms with Gasteiger partial charge in [0.25, 0.3) is 0 Å². The van der Waals surface area contributed by atoms with Gasteiger partial charge in [0.05, 0.1) is 11.4 Å². The molecule has 0 unspecified atom stereocenters. The molecule has 0 saturated carbocycles. The van der Waals surface area contributed by atoms with Gasteiger partial charge in [0, 0.05) is 13.3 Å². The maximum absolute atomic E-state index is 12.1. The predicted molar refractivity (Wildman–Crippen MR) is 90.9 cm³/mol. The smallest absolute Gasteiger partial charge is 0.308 e. The third-order valence-electron chi connectivity index (χ3n) is 3.46. The molecule has 126 valence electrons. The molecule has 1 aromatic heterocycles.